The zero-order chi connectivity index (χ0) is 27.1. The summed E-state index contributed by atoms with van der Waals surface area (Å²) < 4.78 is 43.7. The van der Waals surface area contributed by atoms with E-state index in [9.17, 15) is 32.8 Å². The van der Waals surface area contributed by atoms with Crippen molar-refractivity contribution in [2.24, 2.45) is 0 Å². The molecule has 0 fully saturated rings. The Morgan fingerprint density at radius 2 is 1.61 bits per heavy atom. The largest absolute Gasteiger partial charge is 0.349 e. The summed E-state index contributed by atoms with van der Waals surface area (Å²) in [6.07, 6.45) is -0.372. The Morgan fingerprint density at radius 1 is 0.974 bits per heavy atom. The normalized spacial score (nSPS) is 12.4. The lowest BCUT2D eigenvalue weighted by molar-refractivity contribution is 0.445. The summed E-state index contributed by atoms with van der Waals surface area (Å²) in [6.45, 7) is 1.76. The zero-order valence-electron chi connectivity index (χ0n) is 20.1. The lowest BCUT2D eigenvalue weighted by atomic mass is 10.0. The van der Waals surface area contributed by atoms with Gasteiger partial charge in [0.2, 0.25) is 5.56 Å². The number of aromatic nitrogens is 3. The van der Waals surface area contributed by atoms with Gasteiger partial charge in [0.15, 0.2) is 17.5 Å². The molecule has 192 valence electrons. The standard InChI is InChI=1S/C27H20F3N5O3/c1-15-8-19(12-23(36)32-15)35-26(37)20(9-16-10-21(28)24(30)22(29)11-16)25(34(7-6-31)27(35)38)33-13-17-4-2-3-5-18(17)14-33/h2-5,8,10-12H,7,9,13-14H2,1H3,(H,32,36). The Kier molecular flexibility index (Phi) is 6.24. The molecule has 2 aromatic heterocycles. The molecule has 0 saturated heterocycles. The van der Waals surface area contributed by atoms with Gasteiger partial charge in [-0.25, -0.2) is 22.5 Å². The number of hydrogen-bond acceptors (Lipinski definition) is 5. The van der Waals surface area contributed by atoms with Gasteiger partial charge in [0.25, 0.3) is 5.56 Å². The number of H-pyrrole nitrogens is 1. The number of halogens is 3. The summed E-state index contributed by atoms with van der Waals surface area (Å²) in [7, 11) is 0. The molecule has 1 N–H and O–H groups in total. The fraction of sp³-hybridized carbons (Fsp3) is 0.185. The molecule has 0 radical (unpaired) electrons. The van der Waals surface area contributed by atoms with Crippen molar-refractivity contribution in [3.05, 3.63) is 125 Å². The van der Waals surface area contributed by atoms with Crippen LogP contribution in [-0.2, 0) is 26.1 Å². The van der Waals surface area contributed by atoms with E-state index in [4.69, 9.17) is 0 Å². The fourth-order valence-electron chi connectivity index (χ4n) is 4.84. The van der Waals surface area contributed by atoms with Crippen LogP contribution >= 0.6 is 0 Å². The molecule has 11 heteroatoms. The van der Waals surface area contributed by atoms with E-state index in [-0.39, 0.29) is 29.1 Å². The quantitative estimate of drug-likeness (QED) is 0.409. The third-order valence-corrected chi connectivity index (χ3v) is 6.42. The van der Waals surface area contributed by atoms with Gasteiger partial charge in [0.05, 0.1) is 17.3 Å². The molecular formula is C27H20F3N5O3. The van der Waals surface area contributed by atoms with Crippen molar-refractivity contribution in [2.75, 3.05) is 4.90 Å². The number of aromatic amines is 1. The van der Waals surface area contributed by atoms with E-state index in [1.165, 1.54) is 6.07 Å². The monoisotopic (exact) mass is 519 g/mol. The Hall–Kier alpha value is -4.85. The topological polar surface area (TPSA) is 104 Å². The third-order valence-electron chi connectivity index (χ3n) is 6.42. The van der Waals surface area contributed by atoms with E-state index in [0.29, 0.717) is 18.8 Å². The van der Waals surface area contributed by atoms with Gasteiger partial charge in [-0.3, -0.25) is 14.2 Å². The van der Waals surface area contributed by atoms with Crippen molar-refractivity contribution in [2.45, 2.75) is 33.0 Å². The second-order valence-electron chi connectivity index (χ2n) is 9.03. The van der Waals surface area contributed by atoms with E-state index < -0.39 is 40.8 Å². The highest BCUT2D eigenvalue weighted by atomic mass is 19.2. The first-order chi connectivity index (χ1) is 18.2. The van der Waals surface area contributed by atoms with Crippen molar-refractivity contribution in [3.8, 4) is 11.8 Å². The van der Waals surface area contributed by atoms with Crippen LogP contribution in [0.1, 0.15) is 27.9 Å². The van der Waals surface area contributed by atoms with Crippen LogP contribution in [0, 0.1) is 35.7 Å². The van der Waals surface area contributed by atoms with E-state index in [2.05, 4.69) is 4.98 Å². The van der Waals surface area contributed by atoms with Crippen molar-refractivity contribution in [1.82, 2.24) is 14.1 Å². The molecule has 0 spiro atoms. The van der Waals surface area contributed by atoms with E-state index in [1.54, 1.807) is 11.8 Å². The molecule has 3 heterocycles. The molecule has 5 rings (SSSR count). The van der Waals surface area contributed by atoms with Gasteiger partial charge in [-0.2, -0.15) is 5.26 Å². The van der Waals surface area contributed by atoms with Crippen molar-refractivity contribution in [3.63, 3.8) is 0 Å². The lowest BCUT2D eigenvalue weighted by Crippen LogP contribution is -2.44. The first-order valence-electron chi connectivity index (χ1n) is 11.6. The second-order valence-corrected chi connectivity index (χ2v) is 9.03. The molecule has 0 unspecified atom stereocenters. The molecule has 1 aliphatic heterocycles. The van der Waals surface area contributed by atoms with E-state index in [1.807, 2.05) is 30.3 Å². The van der Waals surface area contributed by atoms with Crippen LogP contribution in [0.5, 0.6) is 0 Å². The number of hydrogen-bond donors (Lipinski definition) is 1. The van der Waals surface area contributed by atoms with Gasteiger partial charge in [-0.1, -0.05) is 24.3 Å². The van der Waals surface area contributed by atoms with Crippen LogP contribution in [0.3, 0.4) is 0 Å². The van der Waals surface area contributed by atoms with E-state index >= 15 is 0 Å². The molecule has 8 nitrogen and oxygen atoms in total. The minimum Gasteiger partial charge on any atom is -0.349 e. The highest BCUT2D eigenvalue weighted by molar-refractivity contribution is 5.55. The van der Waals surface area contributed by atoms with Crippen LogP contribution in [0.4, 0.5) is 19.0 Å². The zero-order valence-corrected chi connectivity index (χ0v) is 20.1. The van der Waals surface area contributed by atoms with Crippen molar-refractivity contribution >= 4 is 5.82 Å². The highest BCUT2D eigenvalue weighted by Gasteiger charge is 2.29. The van der Waals surface area contributed by atoms with Crippen LogP contribution in [-0.4, -0.2) is 14.1 Å². The van der Waals surface area contributed by atoms with Crippen LogP contribution in [0.25, 0.3) is 5.69 Å². The molecule has 2 aromatic carbocycles. The molecule has 38 heavy (non-hydrogen) atoms. The van der Waals surface area contributed by atoms with Gasteiger partial charge in [0, 0.05) is 31.3 Å². The molecule has 0 atom stereocenters. The van der Waals surface area contributed by atoms with Crippen LogP contribution < -0.4 is 21.7 Å². The number of aryl methyl sites for hydroxylation is 1. The molecule has 1 aliphatic rings. The predicted octanol–water partition coefficient (Wildman–Crippen LogP) is 3.05. The van der Waals surface area contributed by atoms with Gasteiger partial charge in [0.1, 0.15) is 12.4 Å². The van der Waals surface area contributed by atoms with Crippen LogP contribution in [0.15, 0.2) is 62.9 Å². The first kappa shape index (κ1) is 24.8. The number of nitrogens with zero attached hydrogens (tertiary/aromatic N) is 4. The van der Waals surface area contributed by atoms with Gasteiger partial charge in [-0.15, -0.1) is 0 Å². The first-order valence-corrected chi connectivity index (χ1v) is 11.6. The second kappa shape index (κ2) is 9.55. The summed E-state index contributed by atoms with van der Waals surface area (Å²) in [5, 5.41) is 9.58. The number of anilines is 1. The smallest absolute Gasteiger partial charge is 0.338 e. The third kappa shape index (κ3) is 4.30. The Labute approximate surface area is 213 Å². The van der Waals surface area contributed by atoms with Crippen molar-refractivity contribution in [1.29, 1.82) is 5.26 Å². The number of benzene rings is 2. The molecule has 0 aliphatic carbocycles. The number of nitrogens with one attached hydrogen (secondary N) is 1. The average molecular weight is 519 g/mol. The SMILES string of the molecule is Cc1cc(-n2c(=O)c(Cc3cc(F)c(F)c(F)c3)c(N3Cc4ccccc4C3)n(CC#N)c2=O)cc(=O)[nH]1. The minimum atomic E-state index is -1.64. The lowest BCUT2D eigenvalue weighted by Gasteiger charge is -2.26. The Balaban J connectivity index is 1.81. The van der Waals surface area contributed by atoms with Crippen molar-refractivity contribution < 1.29 is 13.2 Å². The Bertz CT molecular complexity index is 1770. The maximum absolute atomic E-state index is 14.1. The molecule has 4 aromatic rings. The predicted molar refractivity (Wildman–Crippen MR) is 133 cm³/mol. The maximum atomic E-state index is 14.1. The summed E-state index contributed by atoms with van der Waals surface area (Å²) >= 11 is 0. The summed E-state index contributed by atoms with van der Waals surface area (Å²) in [5.74, 6) is -4.38. The van der Waals surface area contributed by atoms with Gasteiger partial charge >= 0.3 is 5.69 Å². The van der Waals surface area contributed by atoms with Crippen LogP contribution in [0.2, 0.25) is 0 Å². The average Bonchev–Trinajstić information content (AvgIpc) is 3.29. The summed E-state index contributed by atoms with van der Waals surface area (Å²) in [4.78, 5) is 44.0. The molecule has 0 amide bonds. The Morgan fingerprint density at radius 3 is 2.18 bits per heavy atom. The molecule has 0 bridgehead atoms. The van der Waals surface area contributed by atoms with E-state index in [0.717, 1.165) is 38.5 Å². The molecular weight excluding hydrogens is 499 g/mol. The minimum absolute atomic E-state index is 0.0260. The summed E-state index contributed by atoms with van der Waals surface area (Å²) in [6, 6.07) is 13.5. The number of pyridine rings is 1. The number of nitriles is 1. The number of rotatable bonds is 5. The number of fused-ring (bicyclic) bond motifs is 1. The highest BCUT2D eigenvalue weighted by Crippen LogP contribution is 2.30. The van der Waals surface area contributed by atoms with Gasteiger partial charge < -0.3 is 9.88 Å². The maximum Gasteiger partial charge on any atom is 0.338 e. The summed E-state index contributed by atoms with van der Waals surface area (Å²) in [5.41, 5.74) is -0.0797. The fourth-order valence-corrected chi connectivity index (χ4v) is 4.84. The van der Waals surface area contributed by atoms with Gasteiger partial charge in [-0.05, 0) is 41.8 Å². The molecule has 0 saturated carbocycles.